The zero-order chi connectivity index (χ0) is 21.5. The average Bonchev–Trinajstić information content (AvgIpc) is 2.95. The Morgan fingerprint density at radius 1 is 1.07 bits per heavy atom. The quantitative estimate of drug-likeness (QED) is 0.703. The van der Waals surface area contributed by atoms with Gasteiger partial charge in [-0.25, -0.2) is 26.9 Å². The zero-order valence-electron chi connectivity index (χ0n) is 16.2. The fraction of sp³-hybridized carbons (Fsp3) is 0.200. The highest BCUT2D eigenvalue weighted by Gasteiger charge is 2.26. The summed E-state index contributed by atoms with van der Waals surface area (Å²) in [5.41, 5.74) is 1.21. The predicted octanol–water partition coefficient (Wildman–Crippen LogP) is 3.41. The fourth-order valence-electron chi connectivity index (χ4n) is 3.34. The highest BCUT2D eigenvalue weighted by atomic mass is 32.2. The van der Waals surface area contributed by atoms with Crippen LogP contribution in [0.5, 0.6) is 0 Å². The Bertz CT molecular complexity index is 1190. The zero-order valence-corrected chi connectivity index (χ0v) is 17.1. The number of aryl methyl sites for hydroxylation is 4. The van der Waals surface area contributed by atoms with E-state index in [1.54, 1.807) is 26.0 Å². The van der Waals surface area contributed by atoms with Crippen molar-refractivity contribution in [2.24, 2.45) is 7.05 Å². The summed E-state index contributed by atoms with van der Waals surface area (Å²) in [5.74, 6) is -2.82. The molecule has 1 aromatic heterocycles. The van der Waals surface area contributed by atoms with Crippen molar-refractivity contribution < 1.29 is 22.0 Å². The molecule has 3 rings (SSSR count). The molecular formula is C20H19F2N3O3S. The second kappa shape index (κ2) is 7.40. The van der Waals surface area contributed by atoms with Crippen LogP contribution in [-0.2, 0) is 17.1 Å². The molecule has 9 heteroatoms. The number of carbonyl (C=O) groups is 1. The van der Waals surface area contributed by atoms with E-state index in [0.29, 0.717) is 11.1 Å². The molecule has 0 fully saturated rings. The van der Waals surface area contributed by atoms with E-state index < -0.39 is 33.1 Å². The molecule has 0 radical (unpaired) electrons. The van der Waals surface area contributed by atoms with E-state index in [9.17, 15) is 22.0 Å². The number of imidazole rings is 1. The van der Waals surface area contributed by atoms with Crippen LogP contribution < -0.4 is 4.72 Å². The number of hydrogen-bond donors (Lipinski definition) is 1. The minimum Gasteiger partial charge on any atom is -0.333 e. The van der Waals surface area contributed by atoms with Crippen LogP contribution in [0.3, 0.4) is 0 Å². The van der Waals surface area contributed by atoms with Crippen molar-refractivity contribution in [3.8, 4) is 11.4 Å². The minimum atomic E-state index is -4.17. The van der Waals surface area contributed by atoms with E-state index in [4.69, 9.17) is 0 Å². The van der Waals surface area contributed by atoms with E-state index in [-0.39, 0.29) is 16.4 Å². The molecule has 0 aliphatic heterocycles. The van der Waals surface area contributed by atoms with Gasteiger partial charge in [0, 0.05) is 13.2 Å². The summed E-state index contributed by atoms with van der Waals surface area (Å²) in [5, 5.41) is 0. The molecule has 0 atom stereocenters. The number of rotatable bonds is 4. The van der Waals surface area contributed by atoms with Crippen LogP contribution in [0.4, 0.5) is 8.78 Å². The third-order valence-electron chi connectivity index (χ3n) is 4.40. The van der Waals surface area contributed by atoms with E-state index in [0.717, 1.165) is 17.7 Å². The predicted molar refractivity (Wildman–Crippen MR) is 104 cm³/mol. The Balaban J connectivity index is 1.97. The first-order chi connectivity index (χ1) is 13.5. The first-order valence-electron chi connectivity index (χ1n) is 8.64. The number of amides is 1. The second-order valence-corrected chi connectivity index (χ2v) is 8.44. The Morgan fingerprint density at radius 3 is 2.17 bits per heavy atom. The van der Waals surface area contributed by atoms with Gasteiger partial charge in [-0.1, -0.05) is 23.8 Å². The molecule has 0 saturated heterocycles. The second-order valence-electron chi connectivity index (χ2n) is 6.82. The van der Waals surface area contributed by atoms with Crippen LogP contribution in [0, 0.1) is 32.4 Å². The summed E-state index contributed by atoms with van der Waals surface area (Å²) in [6.45, 7) is 5.12. The SMILES string of the molecule is Cc1cc(C)c(S(=O)(=O)NC(=O)c2cn(C)c(-c3c(F)cccc3F)n2)c(C)c1. The minimum absolute atomic E-state index is 0.00718. The molecule has 0 spiro atoms. The molecule has 1 N–H and O–H groups in total. The van der Waals surface area contributed by atoms with Gasteiger partial charge in [-0.15, -0.1) is 0 Å². The molecule has 0 aliphatic rings. The molecule has 1 heterocycles. The van der Waals surface area contributed by atoms with Crippen molar-refractivity contribution in [3.05, 3.63) is 70.5 Å². The summed E-state index contributed by atoms with van der Waals surface area (Å²) < 4.78 is 56.8. The number of nitrogens with one attached hydrogen (secondary N) is 1. The molecule has 0 bridgehead atoms. The monoisotopic (exact) mass is 419 g/mol. The highest BCUT2D eigenvalue weighted by Crippen LogP contribution is 2.25. The van der Waals surface area contributed by atoms with Gasteiger partial charge in [0.05, 0.1) is 10.5 Å². The van der Waals surface area contributed by atoms with Gasteiger partial charge in [-0.2, -0.15) is 0 Å². The molecule has 1 amide bonds. The fourth-order valence-corrected chi connectivity index (χ4v) is 4.75. The first-order valence-corrected chi connectivity index (χ1v) is 10.1. The van der Waals surface area contributed by atoms with Crippen molar-refractivity contribution >= 4 is 15.9 Å². The van der Waals surface area contributed by atoms with Gasteiger partial charge in [-0.3, -0.25) is 4.79 Å². The lowest BCUT2D eigenvalue weighted by Gasteiger charge is -2.12. The maximum atomic E-state index is 14.1. The van der Waals surface area contributed by atoms with E-state index in [2.05, 4.69) is 4.98 Å². The van der Waals surface area contributed by atoms with Crippen molar-refractivity contribution in [2.45, 2.75) is 25.7 Å². The Morgan fingerprint density at radius 2 is 1.62 bits per heavy atom. The molecule has 2 aromatic carbocycles. The Labute approximate surface area is 167 Å². The number of benzene rings is 2. The third kappa shape index (κ3) is 3.91. The van der Waals surface area contributed by atoms with E-state index >= 15 is 0 Å². The average molecular weight is 419 g/mol. The maximum absolute atomic E-state index is 14.1. The van der Waals surface area contributed by atoms with Crippen molar-refractivity contribution in [1.29, 1.82) is 0 Å². The number of halogens is 2. The number of carbonyl (C=O) groups excluding carboxylic acids is 1. The third-order valence-corrected chi connectivity index (χ3v) is 6.03. The Kier molecular flexibility index (Phi) is 5.27. The molecule has 6 nitrogen and oxygen atoms in total. The van der Waals surface area contributed by atoms with Crippen LogP contribution in [0.2, 0.25) is 0 Å². The summed E-state index contributed by atoms with van der Waals surface area (Å²) in [7, 11) is -2.72. The molecule has 29 heavy (non-hydrogen) atoms. The first kappa shape index (κ1) is 20.7. The summed E-state index contributed by atoms with van der Waals surface area (Å²) in [6.07, 6.45) is 1.21. The van der Waals surface area contributed by atoms with Crippen LogP contribution in [0.15, 0.2) is 41.4 Å². The number of aromatic nitrogens is 2. The van der Waals surface area contributed by atoms with Gasteiger partial charge in [-0.05, 0) is 44.0 Å². The molecule has 0 unspecified atom stereocenters. The van der Waals surface area contributed by atoms with E-state index in [1.165, 1.54) is 23.9 Å². The van der Waals surface area contributed by atoms with E-state index in [1.807, 2.05) is 11.6 Å². The van der Waals surface area contributed by atoms with Gasteiger partial charge in [0.25, 0.3) is 15.9 Å². The molecule has 0 aliphatic carbocycles. The lowest BCUT2D eigenvalue weighted by atomic mass is 10.1. The molecular weight excluding hydrogens is 400 g/mol. The van der Waals surface area contributed by atoms with Gasteiger partial charge in [0.1, 0.15) is 23.2 Å². The van der Waals surface area contributed by atoms with Crippen molar-refractivity contribution in [3.63, 3.8) is 0 Å². The van der Waals surface area contributed by atoms with Gasteiger partial charge >= 0.3 is 0 Å². The number of sulfonamides is 1. The molecule has 152 valence electrons. The van der Waals surface area contributed by atoms with Crippen LogP contribution in [-0.4, -0.2) is 23.9 Å². The summed E-state index contributed by atoms with van der Waals surface area (Å²) in [6, 6.07) is 6.75. The van der Waals surface area contributed by atoms with Gasteiger partial charge in [0.2, 0.25) is 0 Å². The summed E-state index contributed by atoms with van der Waals surface area (Å²) in [4.78, 5) is 16.5. The summed E-state index contributed by atoms with van der Waals surface area (Å²) >= 11 is 0. The highest BCUT2D eigenvalue weighted by molar-refractivity contribution is 7.90. The lowest BCUT2D eigenvalue weighted by Crippen LogP contribution is -2.31. The van der Waals surface area contributed by atoms with Crippen LogP contribution in [0.25, 0.3) is 11.4 Å². The maximum Gasteiger partial charge on any atom is 0.285 e. The standard InChI is InChI=1S/C20H19F2N3O3S/c1-11-8-12(2)18(13(3)9-11)29(27,28)24-20(26)16-10-25(4)19(23-16)17-14(21)6-5-7-15(17)22/h5-10H,1-4H3,(H,24,26). The van der Waals surface area contributed by atoms with Crippen LogP contribution >= 0.6 is 0 Å². The number of hydrogen-bond acceptors (Lipinski definition) is 4. The van der Waals surface area contributed by atoms with Gasteiger partial charge < -0.3 is 4.57 Å². The van der Waals surface area contributed by atoms with Crippen molar-refractivity contribution in [1.82, 2.24) is 14.3 Å². The lowest BCUT2D eigenvalue weighted by molar-refractivity contribution is 0.0977. The smallest absolute Gasteiger partial charge is 0.285 e. The van der Waals surface area contributed by atoms with Crippen LogP contribution in [0.1, 0.15) is 27.2 Å². The topological polar surface area (TPSA) is 81.1 Å². The number of nitrogens with zero attached hydrogens (tertiary/aromatic N) is 2. The molecule has 3 aromatic rings. The Hall–Kier alpha value is -3.07. The van der Waals surface area contributed by atoms with Crippen molar-refractivity contribution in [2.75, 3.05) is 0 Å². The largest absolute Gasteiger partial charge is 0.333 e. The normalized spacial score (nSPS) is 11.5. The van der Waals surface area contributed by atoms with Gasteiger partial charge in [0.15, 0.2) is 0 Å². The molecule has 0 saturated carbocycles.